The van der Waals surface area contributed by atoms with Crippen molar-refractivity contribution in [2.75, 3.05) is 17.7 Å². The van der Waals surface area contributed by atoms with E-state index in [9.17, 15) is 9.59 Å². The zero-order valence-electron chi connectivity index (χ0n) is 16.2. The molecule has 0 unspecified atom stereocenters. The van der Waals surface area contributed by atoms with Crippen molar-refractivity contribution in [1.82, 2.24) is 10.3 Å². The topological polar surface area (TPSA) is 92.4 Å². The number of carbonyl (C=O) groups is 2. The summed E-state index contributed by atoms with van der Waals surface area (Å²) in [7, 11) is 1.60. The Kier molecular flexibility index (Phi) is 6.80. The van der Waals surface area contributed by atoms with Gasteiger partial charge in [0.25, 0.3) is 0 Å². The summed E-state index contributed by atoms with van der Waals surface area (Å²) in [6, 6.07) is 14.7. The Hall–Kier alpha value is -3.39. The Morgan fingerprint density at radius 2 is 1.93 bits per heavy atom. The number of benzene rings is 2. The van der Waals surface area contributed by atoms with Crippen LogP contribution < -0.4 is 20.7 Å². The van der Waals surface area contributed by atoms with Gasteiger partial charge in [-0.15, -0.1) is 11.3 Å². The van der Waals surface area contributed by atoms with Crippen molar-refractivity contribution in [3.63, 3.8) is 0 Å². The van der Waals surface area contributed by atoms with Gasteiger partial charge in [0, 0.05) is 17.6 Å². The summed E-state index contributed by atoms with van der Waals surface area (Å²) in [5, 5.41) is 10.5. The van der Waals surface area contributed by atoms with Gasteiger partial charge in [0.15, 0.2) is 5.13 Å². The van der Waals surface area contributed by atoms with Crippen molar-refractivity contribution >= 4 is 34.1 Å². The number of aromatic nitrogens is 1. The summed E-state index contributed by atoms with van der Waals surface area (Å²) in [4.78, 5) is 28.6. The molecule has 0 fully saturated rings. The Bertz CT molecular complexity index is 1000. The van der Waals surface area contributed by atoms with Crippen LogP contribution in [0.25, 0.3) is 0 Å². The third-order valence-electron chi connectivity index (χ3n) is 4.01. The number of methoxy groups -OCH3 is 1. The van der Waals surface area contributed by atoms with Crippen molar-refractivity contribution in [2.45, 2.75) is 19.9 Å². The Labute approximate surface area is 173 Å². The number of thiazole rings is 1. The van der Waals surface area contributed by atoms with Gasteiger partial charge >= 0.3 is 6.03 Å². The maximum absolute atomic E-state index is 12.2. The predicted octanol–water partition coefficient (Wildman–Crippen LogP) is 3.96. The third kappa shape index (κ3) is 6.32. The van der Waals surface area contributed by atoms with Crippen molar-refractivity contribution in [2.24, 2.45) is 0 Å². The molecule has 1 heterocycles. The molecule has 3 rings (SSSR count). The second-order valence-electron chi connectivity index (χ2n) is 6.40. The zero-order chi connectivity index (χ0) is 20.6. The van der Waals surface area contributed by atoms with Crippen molar-refractivity contribution in [1.29, 1.82) is 0 Å². The first-order valence-corrected chi connectivity index (χ1v) is 9.88. The van der Waals surface area contributed by atoms with Crippen molar-refractivity contribution < 1.29 is 14.3 Å². The van der Waals surface area contributed by atoms with Gasteiger partial charge in [-0.1, -0.05) is 24.3 Å². The van der Waals surface area contributed by atoms with Gasteiger partial charge in [0.2, 0.25) is 5.91 Å². The molecule has 0 aliphatic heterocycles. The standard InChI is InChI=1S/C21H22N4O3S/c1-14-5-3-7-16(9-14)23-20(27)25-21-24-17(13-29-21)11-19(26)22-12-15-6-4-8-18(10-15)28-2/h3-10,13H,11-12H2,1-2H3,(H,22,26)(H2,23,24,25,27). The van der Waals surface area contributed by atoms with Crippen LogP contribution in [-0.2, 0) is 17.8 Å². The monoisotopic (exact) mass is 410 g/mol. The number of hydrogen-bond donors (Lipinski definition) is 3. The minimum atomic E-state index is -0.376. The maximum atomic E-state index is 12.2. The number of nitrogens with zero attached hydrogens (tertiary/aromatic N) is 1. The number of hydrogen-bond acceptors (Lipinski definition) is 5. The first kappa shape index (κ1) is 20.3. The second-order valence-corrected chi connectivity index (χ2v) is 7.26. The van der Waals surface area contributed by atoms with Crippen LogP contribution in [0.2, 0.25) is 0 Å². The molecule has 0 saturated heterocycles. The number of nitrogens with one attached hydrogen (secondary N) is 3. The van der Waals surface area contributed by atoms with Crippen molar-refractivity contribution in [3.8, 4) is 5.75 Å². The molecule has 0 aliphatic carbocycles. The van der Waals surface area contributed by atoms with Gasteiger partial charge < -0.3 is 15.4 Å². The molecule has 0 saturated carbocycles. The quantitative estimate of drug-likeness (QED) is 0.550. The lowest BCUT2D eigenvalue weighted by molar-refractivity contribution is -0.120. The van der Waals surface area contributed by atoms with Crippen LogP contribution in [0.5, 0.6) is 5.75 Å². The van der Waals surface area contributed by atoms with Crippen LogP contribution in [-0.4, -0.2) is 24.0 Å². The number of carbonyl (C=O) groups excluding carboxylic acids is 2. The molecular formula is C21H22N4O3S. The van der Waals surface area contributed by atoms with E-state index in [1.165, 1.54) is 11.3 Å². The molecule has 8 heteroatoms. The number of ether oxygens (including phenoxy) is 1. The molecule has 7 nitrogen and oxygen atoms in total. The minimum absolute atomic E-state index is 0.141. The summed E-state index contributed by atoms with van der Waals surface area (Å²) in [6.45, 7) is 2.36. The molecule has 3 N–H and O–H groups in total. The van der Waals surface area contributed by atoms with E-state index in [2.05, 4.69) is 20.9 Å². The van der Waals surface area contributed by atoms with E-state index in [1.54, 1.807) is 12.5 Å². The Balaban J connectivity index is 1.47. The minimum Gasteiger partial charge on any atom is -0.497 e. The van der Waals surface area contributed by atoms with E-state index in [-0.39, 0.29) is 18.4 Å². The number of aryl methyl sites for hydroxylation is 1. The van der Waals surface area contributed by atoms with Crippen LogP contribution in [0.1, 0.15) is 16.8 Å². The highest BCUT2D eigenvalue weighted by atomic mass is 32.1. The van der Waals surface area contributed by atoms with Gasteiger partial charge in [0.05, 0.1) is 19.2 Å². The fraction of sp³-hybridized carbons (Fsp3) is 0.190. The molecule has 150 valence electrons. The lowest BCUT2D eigenvalue weighted by Crippen LogP contribution is -2.24. The lowest BCUT2D eigenvalue weighted by atomic mass is 10.2. The van der Waals surface area contributed by atoms with Crippen LogP contribution in [0.3, 0.4) is 0 Å². The molecule has 2 aromatic carbocycles. The van der Waals surface area contributed by atoms with E-state index in [4.69, 9.17) is 4.74 Å². The average Bonchev–Trinajstić information content (AvgIpc) is 3.13. The number of amides is 3. The summed E-state index contributed by atoms with van der Waals surface area (Å²) in [6.07, 6.45) is 0.141. The summed E-state index contributed by atoms with van der Waals surface area (Å²) in [5.74, 6) is 0.602. The van der Waals surface area contributed by atoms with Gasteiger partial charge in [-0.05, 0) is 42.3 Å². The van der Waals surface area contributed by atoms with Gasteiger partial charge in [-0.25, -0.2) is 9.78 Å². The fourth-order valence-corrected chi connectivity index (χ4v) is 3.34. The van der Waals surface area contributed by atoms with Crippen LogP contribution >= 0.6 is 11.3 Å². The number of urea groups is 1. The van der Waals surface area contributed by atoms with E-state index in [1.807, 2.05) is 55.5 Å². The molecule has 3 aromatic rings. The molecule has 29 heavy (non-hydrogen) atoms. The maximum Gasteiger partial charge on any atom is 0.325 e. The third-order valence-corrected chi connectivity index (χ3v) is 4.82. The number of anilines is 2. The highest BCUT2D eigenvalue weighted by Crippen LogP contribution is 2.17. The van der Waals surface area contributed by atoms with Gasteiger partial charge in [-0.3, -0.25) is 10.1 Å². The van der Waals surface area contributed by atoms with E-state index >= 15 is 0 Å². The molecule has 0 spiro atoms. The molecule has 0 atom stereocenters. The Morgan fingerprint density at radius 3 is 2.72 bits per heavy atom. The van der Waals surface area contributed by atoms with Crippen molar-refractivity contribution in [3.05, 3.63) is 70.7 Å². The first-order valence-electron chi connectivity index (χ1n) is 9.00. The SMILES string of the molecule is COc1cccc(CNC(=O)Cc2csc(NC(=O)Nc3cccc(C)c3)n2)c1. The van der Waals surface area contributed by atoms with Crippen LogP contribution in [0, 0.1) is 6.92 Å². The highest BCUT2D eigenvalue weighted by Gasteiger charge is 2.10. The fourth-order valence-electron chi connectivity index (χ4n) is 2.64. The first-order chi connectivity index (χ1) is 14.0. The largest absolute Gasteiger partial charge is 0.497 e. The molecule has 3 amide bonds. The smallest absolute Gasteiger partial charge is 0.325 e. The number of rotatable bonds is 7. The van der Waals surface area contributed by atoms with E-state index in [0.29, 0.717) is 23.1 Å². The highest BCUT2D eigenvalue weighted by molar-refractivity contribution is 7.14. The van der Waals surface area contributed by atoms with Gasteiger partial charge in [-0.2, -0.15) is 0 Å². The summed E-state index contributed by atoms with van der Waals surface area (Å²) in [5.41, 5.74) is 3.31. The summed E-state index contributed by atoms with van der Waals surface area (Å²) < 4.78 is 5.17. The van der Waals surface area contributed by atoms with Crippen LogP contribution in [0.15, 0.2) is 53.9 Å². The second kappa shape index (κ2) is 9.70. The molecule has 1 aromatic heterocycles. The Morgan fingerprint density at radius 1 is 1.10 bits per heavy atom. The van der Waals surface area contributed by atoms with E-state index < -0.39 is 0 Å². The molecule has 0 radical (unpaired) electrons. The van der Waals surface area contributed by atoms with Gasteiger partial charge in [0.1, 0.15) is 5.75 Å². The lowest BCUT2D eigenvalue weighted by Gasteiger charge is -2.06. The molecular weight excluding hydrogens is 388 g/mol. The summed E-state index contributed by atoms with van der Waals surface area (Å²) >= 11 is 1.27. The molecule has 0 aliphatic rings. The predicted molar refractivity (Wildman–Crippen MR) is 114 cm³/mol. The zero-order valence-corrected chi connectivity index (χ0v) is 17.0. The van der Waals surface area contributed by atoms with E-state index in [0.717, 1.165) is 16.9 Å². The molecule has 0 bridgehead atoms. The average molecular weight is 410 g/mol. The van der Waals surface area contributed by atoms with Crippen LogP contribution in [0.4, 0.5) is 15.6 Å². The normalized spacial score (nSPS) is 10.3.